The third-order valence-corrected chi connectivity index (χ3v) is 4.02. The average molecular weight is 274 g/mol. The van der Waals surface area contributed by atoms with E-state index >= 15 is 0 Å². The van der Waals surface area contributed by atoms with Crippen molar-refractivity contribution in [3.63, 3.8) is 0 Å². The van der Waals surface area contributed by atoms with Gasteiger partial charge >= 0.3 is 0 Å². The number of rotatable bonds is 1. The van der Waals surface area contributed by atoms with Crippen molar-refractivity contribution in [3.05, 3.63) is 23.8 Å². The lowest BCUT2D eigenvalue weighted by atomic mass is 10.1. The topological polar surface area (TPSA) is 68.6 Å². The maximum atomic E-state index is 11.1. The third-order valence-electron chi connectivity index (χ3n) is 3.05. The number of benzene rings is 1. The Hall–Kier alpha value is -1.82. The van der Waals surface area contributed by atoms with Gasteiger partial charge in [0.05, 0.1) is 0 Å². The molecule has 6 heteroatoms. The molecule has 2 heterocycles. The fourth-order valence-corrected chi connectivity index (χ4v) is 3.22. The van der Waals surface area contributed by atoms with Crippen LogP contribution in [0.3, 0.4) is 0 Å². The SMILES string of the molecule is CC(=O)Nc1ccc2c(c1)SC(=N)N1CCCN=C21. The summed E-state index contributed by atoms with van der Waals surface area (Å²) in [4.78, 5) is 18.5. The Morgan fingerprint density at radius 3 is 3.16 bits per heavy atom. The Labute approximate surface area is 115 Å². The van der Waals surface area contributed by atoms with E-state index in [9.17, 15) is 4.79 Å². The van der Waals surface area contributed by atoms with Gasteiger partial charge in [0.1, 0.15) is 5.84 Å². The Kier molecular flexibility index (Phi) is 3.02. The number of carbonyl (C=O) groups is 1. The number of amidine groups is 2. The van der Waals surface area contributed by atoms with Crippen molar-refractivity contribution in [2.24, 2.45) is 4.99 Å². The molecule has 0 bridgehead atoms. The molecule has 0 atom stereocenters. The summed E-state index contributed by atoms with van der Waals surface area (Å²) in [5.41, 5.74) is 1.81. The van der Waals surface area contributed by atoms with Gasteiger partial charge in [-0.3, -0.25) is 15.2 Å². The second kappa shape index (κ2) is 4.70. The average Bonchev–Trinajstić information content (AvgIpc) is 2.38. The molecule has 1 aromatic rings. The maximum absolute atomic E-state index is 11.1. The summed E-state index contributed by atoms with van der Waals surface area (Å²) < 4.78 is 0. The zero-order valence-electron chi connectivity index (χ0n) is 10.6. The van der Waals surface area contributed by atoms with E-state index in [-0.39, 0.29) is 5.91 Å². The van der Waals surface area contributed by atoms with Crippen molar-refractivity contribution < 1.29 is 4.79 Å². The minimum absolute atomic E-state index is 0.0903. The lowest BCUT2D eigenvalue weighted by molar-refractivity contribution is -0.114. The molecule has 0 aromatic heterocycles. The molecular weight excluding hydrogens is 260 g/mol. The molecule has 0 saturated heterocycles. The van der Waals surface area contributed by atoms with E-state index in [2.05, 4.69) is 10.3 Å². The fourth-order valence-electron chi connectivity index (χ4n) is 2.27. The number of nitrogens with one attached hydrogen (secondary N) is 2. The monoisotopic (exact) mass is 274 g/mol. The van der Waals surface area contributed by atoms with Crippen molar-refractivity contribution >= 4 is 34.4 Å². The molecule has 1 amide bonds. The van der Waals surface area contributed by atoms with Crippen LogP contribution < -0.4 is 5.32 Å². The summed E-state index contributed by atoms with van der Waals surface area (Å²) >= 11 is 1.42. The van der Waals surface area contributed by atoms with Crippen molar-refractivity contribution in [1.29, 1.82) is 5.41 Å². The van der Waals surface area contributed by atoms with Gasteiger partial charge in [0, 0.05) is 36.2 Å². The van der Waals surface area contributed by atoms with Crippen LogP contribution in [0.1, 0.15) is 18.9 Å². The summed E-state index contributed by atoms with van der Waals surface area (Å²) in [6, 6.07) is 5.76. The molecule has 0 aliphatic carbocycles. The van der Waals surface area contributed by atoms with Crippen LogP contribution in [0.25, 0.3) is 0 Å². The molecular formula is C13H14N4OS. The smallest absolute Gasteiger partial charge is 0.221 e. The maximum Gasteiger partial charge on any atom is 0.221 e. The van der Waals surface area contributed by atoms with E-state index in [1.165, 1.54) is 18.7 Å². The van der Waals surface area contributed by atoms with E-state index in [0.717, 1.165) is 41.5 Å². The Bertz CT molecular complexity index is 596. The Morgan fingerprint density at radius 2 is 2.37 bits per heavy atom. The number of fused-ring (bicyclic) bond motifs is 3. The molecule has 0 spiro atoms. The number of nitrogens with zero attached hydrogens (tertiary/aromatic N) is 2. The normalized spacial score (nSPS) is 17.4. The fraction of sp³-hybridized carbons (Fsp3) is 0.308. The van der Waals surface area contributed by atoms with Gasteiger partial charge in [-0.15, -0.1) is 0 Å². The quantitative estimate of drug-likeness (QED) is 0.824. The molecule has 19 heavy (non-hydrogen) atoms. The molecule has 2 N–H and O–H groups in total. The highest BCUT2D eigenvalue weighted by Crippen LogP contribution is 2.35. The van der Waals surface area contributed by atoms with Crippen LogP contribution in [0.4, 0.5) is 5.69 Å². The summed E-state index contributed by atoms with van der Waals surface area (Å²) in [6.45, 7) is 3.16. The van der Waals surface area contributed by atoms with Gasteiger partial charge in [0.15, 0.2) is 5.17 Å². The number of thioether (sulfide) groups is 1. The number of hydrogen-bond donors (Lipinski definition) is 2. The highest BCUT2D eigenvalue weighted by atomic mass is 32.2. The van der Waals surface area contributed by atoms with Crippen molar-refractivity contribution in [2.75, 3.05) is 18.4 Å². The van der Waals surface area contributed by atoms with Gasteiger partial charge in [0.2, 0.25) is 5.91 Å². The van der Waals surface area contributed by atoms with Crippen molar-refractivity contribution in [1.82, 2.24) is 4.90 Å². The molecule has 3 rings (SSSR count). The molecule has 2 aliphatic heterocycles. The molecule has 5 nitrogen and oxygen atoms in total. The number of carbonyl (C=O) groups excluding carboxylic acids is 1. The summed E-state index contributed by atoms with van der Waals surface area (Å²) in [5, 5.41) is 11.3. The van der Waals surface area contributed by atoms with Crippen molar-refractivity contribution in [3.8, 4) is 0 Å². The first-order valence-corrected chi connectivity index (χ1v) is 6.97. The van der Waals surface area contributed by atoms with E-state index in [1.54, 1.807) is 0 Å². The predicted molar refractivity (Wildman–Crippen MR) is 77.1 cm³/mol. The highest BCUT2D eigenvalue weighted by molar-refractivity contribution is 8.14. The predicted octanol–water partition coefficient (Wildman–Crippen LogP) is 2.14. The second-order valence-electron chi connectivity index (χ2n) is 4.51. The van der Waals surface area contributed by atoms with Gasteiger partial charge in [0.25, 0.3) is 0 Å². The van der Waals surface area contributed by atoms with Gasteiger partial charge in [-0.25, -0.2) is 0 Å². The van der Waals surface area contributed by atoms with Crippen LogP contribution in [-0.2, 0) is 4.79 Å². The van der Waals surface area contributed by atoms with Gasteiger partial charge in [-0.2, -0.15) is 0 Å². The lowest BCUT2D eigenvalue weighted by Crippen LogP contribution is -2.42. The summed E-state index contributed by atoms with van der Waals surface area (Å²) in [5.74, 6) is 0.798. The molecule has 2 aliphatic rings. The number of anilines is 1. The molecule has 98 valence electrons. The summed E-state index contributed by atoms with van der Waals surface area (Å²) in [7, 11) is 0. The Balaban J connectivity index is 2.02. The van der Waals surface area contributed by atoms with E-state index < -0.39 is 0 Å². The number of amides is 1. The largest absolute Gasteiger partial charge is 0.326 e. The minimum Gasteiger partial charge on any atom is -0.326 e. The second-order valence-corrected chi connectivity index (χ2v) is 5.54. The molecule has 0 fully saturated rings. The van der Waals surface area contributed by atoms with E-state index in [0.29, 0.717) is 5.17 Å². The number of aliphatic imine (C=N–C) groups is 1. The third kappa shape index (κ3) is 2.23. The standard InChI is InChI=1S/C13H14N4OS/c1-8(18)16-9-3-4-10-11(7-9)19-13(14)17-6-2-5-15-12(10)17/h3-4,7,14H,2,5-6H2,1H3,(H,16,18). The van der Waals surface area contributed by atoms with E-state index in [4.69, 9.17) is 5.41 Å². The van der Waals surface area contributed by atoms with Crippen LogP contribution in [-0.4, -0.2) is 34.9 Å². The van der Waals surface area contributed by atoms with Crippen LogP contribution in [0, 0.1) is 5.41 Å². The molecule has 0 saturated carbocycles. The zero-order chi connectivity index (χ0) is 13.4. The van der Waals surface area contributed by atoms with E-state index in [1.807, 2.05) is 23.1 Å². The summed E-state index contributed by atoms with van der Waals surface area (Å²) in [6.07, 6.45) is 0.992. The molecule has 0 radical (unpaired) electrons. The van der Waals surface area contributed by atoms with Crippen LogP contribution >= 0.6 is 11.8 Å². The van der Waals surface area contributed by atoms with Crippen LogP contribution in [0.15, 0.2) is 28.1 Å². The molecule has 0 unspecified atom stereocenters. The first-order chi connectivity index (χ1) is 9.15. The van der Waals surface area contributed by atoms with Crippen LogP contribution in [0.5, 0.6) is 0 Å². The minimum atomic E-state index is -0.0903. The molecule has 1 aromatic carbocycles. The Morgan fingerprint density at radius 1 is 1.53 bits per heavy atom. The first kappa shape index (κ1) is 12.2. The number of hydrogen-bond acceptors (Lipinski definition) is 4. The van der Waals surface area contributed by atoms with Gasteiger partial charge in [-0.05, 0) is 24.6 Å². The van der Waals surface area contributed by atoms with Gasteiger partial charge < -0.3 is 10.2 Å². The lowest BCUT2D eigenvalue weighted by Gasteiger charge is -2.34. The van der Waals surface area contributed by atoms with Crippen LogP contribution in [0.2, 0.25) is 0 Å². The zero-order valence-corrected chi connectivity index (χ0v) is 11.4. The van der Waals surface area contributed by atoms with Crippen molar-refractivity contribution in [2.45, 2.75) is 18.2 Å². The highest BCUT2D eigenvalue weighted by Gasteiger charge is 2.29. The van der Waals surface area contributed by atoms with Gasteiger partial charge in [-0.1, -0.05) is 11.8 Å². The first-order valence-electron chi connectivity index (χ1n) is 6.15.